The molecular formula is C29H35N7O3. The van der Waals surface area contributed by atoms with Crippen molar-refractivity contribution in [2.24, 2.45) is 5.92 Å². The van der Waals surface area contributed by atoms with Gasteiger partial charge >= 0.3 is 0 Å². The summed E-state index contributed by atoms with van der Waals surface area (Å²) in [7, 11) is 1.69. The predicted octanol–water partition coefficient (Wildman–Crippen LogP) is 4.18. The second-order valence-corrected chi connectivity index (χ2v) is 10.3. The lowest BCUT2D eigenvalue weighted by molar-refractivity contribution is -0.131. The lowest BCUT2D eigenvalue weighted by Crippen LogP contribution is -2.32. The van der Waals surface area contributed by atoms with Crippen LogP contribution in [0.25, 0.3) is 22.7 Å². The number of methoxy groups -OCH3 is 1. The maximum Gasteiger partial charge on any atom is 0.246 e. The zero-order valence-electron chi connectivity index (χ0n) is 21.6. The molecule has 1 saturated carbocycles. The average molecular weight is 530 g/mol. The molecule has 6 rings (SSSR count). The van der Waals surface area contributed by atoms with Crippen molar-refractivity contribution in [3.63, 3.8) is 0 Å². The predicted molar refractivity (Wildman–Crippen MR) is 148 cm³/mol. The lowest BCUT2D eigenvalue weighted by Gasteiger charge is -2.28. The van der Waals surface area contributed by atoms with Crippen molar-refractivity contribution in [2.45, 2.75) is 51.7 Å². The van der Waals surface area contributed by atoms with Crippen molar-refractivity contribution in [2.75, 3.05) is 25.9 Å². The number of benzene rings is 1. The topological polar surface area (TPSA) is 125 Å². The molecule has 0 unspecified atom stereocenters. The minimum Gasteiger partial charge on any atom is -0.443 e. The van der Waals surface area contributed by atoms with E-state index < -0.39 is 0 Å². The third kappa shape index (κ3) is 5.16. The summed E-state index contributed by atoms with van der Waals surface area (Å²) in [6.07, 6.45) is 11.9. The third-order valence-corrected chi connectivity index (χ3v) is 7.92. The Morgan fingerprint density at radius 1 is 1.13 bits per heavy atom. The average Bonchev–Trinajstić information content (AvgIpc) is 3.31. The minimum atomic E-state index is -0.288. The van der Waals surface area contributed by atoms with Crippen LogP contribution in [0.4, 0.5) is 5.95 Å². The van der Waals surface area contributed by atoms with E-state index in [0.29, 0.717) is 24.0 Å². The smallest absolute Gasteiger partial charge is 0.246 e. The Hall–Kier alpha value is -4.05. The van der Waals surface area contributed by atoms with Gasteiger partial charge in [-0.05, 0) is 43.2 Å². The first-order chi connectivity index (χ1) is 18.4. The number of nitrogens with two attached hydrogens (primary N) is 1. The largest absolute Gasteiger partial charge is 0.443 e. The number of hydrogen-bond acceptors (Lipinski definition) is 8. The van der Waals surface area contributed by atoms with E-state index >= 15 is 0 Å². The molecular weight excluding hydrogens is 494 g/mol. The van der Waals surface area contributed by atoms with Crippen LogP contribution in [0.5, 0.6) is 0 Å². The molecule has 1 saturated heterocycles. The van der Waals surface area contributed by atoms with Crippen LogP contribution in [-0.2, 0) is 21.5 Å². The van der Waals surface area contributed by atoms with Gasteiger partial charge in [-0.1, -0.05) is 31.7 Å². The molecule has 2 N–H and O–H groups in total. The quantitative estimate of drug-likeness (QED) is 0.360. The van der Waals surface area contributed by atoms with E-state index in [-0.39, 0.29) is 37.3 Å². The van der Waals surface area contributed by atoms with Crippen LogP contribution < -0.4 is 5.73 Å². The Morgan fingerprint density at radius 2 is 1.87 bits per heavy atom. The van der Waals surface area contributed by atoms with Gasteiger partial charge in [0.25, 0.3) is 0 Å². The van der Waals surface area contributed by atoms with Gasteiger partial charge in [0.05, 0.1) is 18.1 Å². The number of carbonyl (C=O) groups is 1. The number of nitrogens with zero attached hydrogens (tertiary/aromatic N) is 6. The molecule has 10 nitrogen and oxygen atoms in total. The number of aromatic nitrogens is 5. The highest BCUT2D eigenvalue weighted by Crippen LogP contribution is 2.51. The van der Waals surface area contributed by atoms with Gasteiger partial charge in [-0.15, -0.1) is 0 Å². The Labute approximate surface area is 228 Å². The van der Waals surface area contributed by atoms with Crippen LogP contribution >= 0.6 is 0 Å². The highest BCUT2D eigenvalue weighted by atomic mass is 16.5. The number of anilines is 1. The first-order valence-corrected chi connectivity index (χ1v) is 12.9. The molecule has 39 heavy (non-hydrogen) atoms. The molecule has 0 spiro atoms. The Kier molecular flexibility index (Phi) is 7.22. The van der Waals surface area contributed by atoms with E-state index in [9.17, 15) is 4.79 Å². The molecule has 1 aromatic carbocycles. The monoisotopic (exact) mass is 529 g/mol. The summed E-state index contributed by atoms with van der Waals surface area (Å²) in [6, 6.07) is 8.45. The van der Waals surface area contributed by atoms with E-state index in [4.69, 9.17) is 19.9 Å². The molecule has 1 aliphatic heterocycles. The van der Waals surface area contributed by atoms with Gasteiger partial charge in [-0.2, -0.15) is 0 Å². The van der Waals surface area contributed by atoms with Crippen LogP contribution in [0.1, 0.15) is 44.9 Å². The highest BCUT2D eigenvalue weighted by Gasteiger charge is 2.46. The molecule has 2 aliphatic rings. The van der Waals surface area contributed by atoms with E-state index in [1.54, 1.807) is 36.7 Å². The molecule has 10 heteroatoms. The minimum absolute atomic E-state index is 0. The van der Waals surface area contributed by atoms with E-state index in [0.717, 1.165) is 42.6 Å². The van der Waals surface area contributed by atoms with Crippen molar-refractivity contribution < 1.29 is 13.9 Å². The Bertz CT molecular complexity index is 1430. The summed E-state index contributed by atoms with van der Waals surface area (Å²) in [5.41, 5.74) is 9.95. The number of rotatable bonds is 8. The zero-order valence-corrected chi connectivity index (χ0v) is 21.6. The SMILES string of the molecule is C.CO[C@@H]1CCN(C(=O)Cn2cnc(-c3nc([C@@](C)(c4ccc(-c5cnc(N)nc5)cc4)C4CC4)co3)c2)C1. The molecule has 0 bridgehead atoms. The first-order valence-electron chi connectivity index (χ1n) is 12.9. The van der Waals surface area contributed by atoms with Crippen molar-refractivity contribution >= 4 is 11.9 Å². The fourth-order valence-electron chi connectivity index (χ4n) is 5.34. The summed E-state index contributed by atoms with van der Waals surface area (Å²) in [5.74, 6) is 1.25. The Morgan fingerprint density at radius 3 is 2.54 bits per heavy atom. The molecule has 1 aliphatic carbocycles. The normalized spacial score (nSPS) is 18.5. The number of hydrogen-bond donors (Lipinski definition) is 1. The van der Waals surface area contributed by atoms with E-state index in [1.165, 1.54) is 5.56 Å². The van der Waals surface area contributed by atoms with Gasteiger partial charge < -0.3 is 24.4 Å². The molecule has 4 aromatic rings. The van der Waals surface area contributed by atoms with Crippen LogP contribution in [0, 0.1) is 5.92 Å². The molecule has 3 aromatic heterocycles. The van der Waals surface area contributed by atoms with E-state index in [2.05, 4.69) is 46.1 Å². The summed E-state index contributed by atoms with van der Waals surface area (Å²) in [5, 5.41) is 0. The number of nitrogen functional groups attached to an aromatic ring is 1. The standard InChI is InChI=1S/C28H31N7O3.CH4/c1-28(21-7-8-21,20-5-3-18(4-6-20)19-11-30-27(29)31-12-19)24-16-38-26(33-24)23-14-34(17-32-23)15-25(36)35-10-9-22(13-35)37-2;/h3-6,11-12,14,16-17,21-22H,7-10,13,15H2,1-2H3,(H2,29,30,31);1H4/t22-,28+;/m1./s1. The van der Waals surface area contributed by atoms with Crippen LogP contribution in [0.2, 0.25) is 0 Å². The lowest BCUT2D eigenvalue weighted by atomic mass is 9.75. The van der Waals surface area contributed by atoms with Gasteiger partial charge in [0.2, 0.25) is 17.7 Å². The third-order valence-electron chi connectivity index (χ3n) is 7.92. The van der Waals surface area contributed by atoms with Gasteiger partial charge in [0.1, 0.15) is 18.5 Å². The number of carbonyl (C=O) groups excluding carboxylic acids is 1. The van der Waals surface area contributed by atoms with Crippen molar-refractivity contribution in [1.29, 1.82) is 0 Å². The number of ether oxygens (including phenoxy) is 1. The van der Waals surface area contributed by atoms with Crippen molar-refractivity contribution in [1.82, 2.24) is 29.4 Å². The molecule has 2 fully saturated rings. The number of oxazole rings is 1. The summed E-state index contributed by atoms with van der Waals surface area (Å²) in [4.78, 5) is 32.1. The second-order valence-electron chi connectivity index (χ2n) is 10.3. The highest BCUT2D eigenvalue weighted by molar-refractivity contribution is 5.76. The van der Waals surface area contributed by atoms with Crippen LogP contribution in [0.3, 0.4) is 0 Å². The Balaban J connectivity index is 0.00000308. The number of amides is 1. The maximum atomic E-state index is 12.7. The molecule has 4 heterocycles. The maximum absolute atomic E-state index is 12.7. The van der Waals surface area contributed by atoms with Crippen molar-refractivity contribution in [3.05, 3.63) is 66.7 Å². The van der Waals surface area contributed by atoms with Crippen LogP contribution in [-0.4, -0.2) is 61.6 Å². The summed E-state index contributed by atoms with van der Waals surface area (Å²) >= 11 is 0. The fraction of sp³-hybridized carbons (Fsp3) is 0.414. The number of imidazole rings is 1. The van der Waals surface area contributed by atoms with Gasteiger partial charge in [0.15, 0.2) is 0 Å². The van der Waals surface area contributed by atoms with Crippen LogP contribution in [0.15, 0.2) is 59.9 Å². The number of likely N-dealkylation sites (tertiary alicyclic amines) is 1. The fourth-order valence-corrected chi connectivity index (χ4v) is 5.34. The summed E-state index contributed by atoms with van der Waals surface area (Å²) < 4.78 is 13.1. The molecule has 1 amide bonds. The summed E-state index contributed by atoms with van der Waals surface area (Å²) in [6.45, 7) is 3.81. The first kappa shape index (κ1) is 26.6. The van der Waals surface area contributed by atoms with Gasteiger partial charge in [-0.3, -0.25) is 4.79 Å². The van der Waals surface area contributed by atoms with Gasteiger partial charge in [-0.25, -0.2) is 19.9 Å². The van der Waals surface area contributed by atoms with Crippen molar-refractivity contribution in [3.8, 4) is 22.7 Å². The molecule has 204 valence electrons. The molecule has 2 atom stereocenters. The van der Waals surface area contributed by atoms with E-state index in [1.807, 2.05) is 11.1 Å². The molecule has 0 radical (unpaired) electrons. The second kappa shape index (κ2) is 10.6. The zero-order chi connectivity index (χ0) is 26.3. The van der Waals surface area contributed by atoms with Gasteiger partial charge in [0, 0.05) is 49.8 Å².